The van der Waals surface area contributed by atoms with Crippen LogP contribution in [0.4, 0.5) is 0 Å². The van der Waals surface area contributed by atoms with Gasteiger partial charge in [-0.05, 0) is 44.3 Å². The van der Waals surface area contributed by atoms with Gasteiger partial charge in [0, 0.05) is 13.0 Å². The van der Waals surface area contributed by atoms with Crippen LogP contribution in [0, 0.1) is 12.8 Å². The highest BCUT2D eigenvalue weighted by atomic mass is 16.4. The molecule has 1 fully saturated rings. The third kappa shape index (κ3) is 3.84. The number of aryl methyl sites for hydroxylation is 1. The van der Waals surface area contributed by atoms with Gasteiger partial charge in [-0.2, -0.15) is 0 Å². The van der Waals surface area contributed by atoms with E-state index in [0.717, 1.165) is 32.5 Å². The lowest BCUT2D eigenvalue weighted by Gasteiger charge is -2.31. The molecule has 1 N–H and O–H groups in total. The summed E-state index contributed by atoms with van der Waals surface area (Å²) in [6.45, 7) is 5.12. The maximum atomic E-state index is 10.7. The number of hydrogen-bond donors (Lipinski definition) is 1. The van der Waals surface area contributed by atoms with Crippen molar-refractivity contribution in [2.24, 2.45) is 5.92 Å². The standard InChI is InChI=1S/C15H21NO2/c1-12-2-4-14(5-3-12)11-16-8-6-13(7-9-16)10-15(17)18/h2-5,13H,6-11H2,1H3,(H,17,18). The fourth-order valence-electron chi connectivity index (χ4n) is 2.55. The molecule has 18 heavy (non-hydrogen) atoms. The first kappa shape index (κ1) is 13.1. The molecule has 1 aliphatic heterocycles. The van der Waals surface area contributed by atoms with Crippen LogP contribution in [0.5, 0.6) is 0 Å². The summed E-state index contributed by atoms with van der Waals surface area (Å²) in [6.07, 6.45) is 2.36. The van der Waals surface area contributed by atoms with E-state index in [1.807, 2.05) is 0 Å². The zero-order valence-electron chi connectivity index (χ0n) is 10.9. The summed E-state index contributed by atoms with van der Waals surface area (Å²) >= 11 is 0. The van der Waals surface area contributed by atoms with Crippen LogP contribution in [-0.4, -0.2) is 29.1 Å². The lowest BCUT2D eigenvalue weighted by molar-refractivity contribution is -0.138. The number of carbonyl (C=O) groups is 1. The molecule has 2 rings (SSSR count). The Morgan fingerprint density at radius 2 is 1.89 bits per heavy atom. The molecule has 1 saturated heterocycles. The molecule has 0 saturated carbocycles. The van der Waals surface area contributed by atoms with Crippen LogP contribution in [0.2, 0.25) is 0 Å². The lowest BCUT2D eigenvalue weighted by Crippen LogP contribution is -2.33. The highest BCUT2D eigenvalue weighted by Crippen LogP contribution is 2.21. The van der Waals surface area contributed by atoms with E-state index >= 15 is 0 Å². The van der Waals surface area contributed by atoms with Gasteiger partial charge < -0.3 is 5.11 Å². The average Bonchev–Trinajstić information content (AvgIpc) is 2.34. The summed E-state index contributed by atoms with van der Waals surface area (Å²) < 4.78 is 0. The van der Waals surface area contributed by atoms with Crippen LogP contribution in [0.25, 0.3) is 0 Å². The van der Waals surface area contributed by atoms with Crippen molar-refractivity contribution in [1.82, 2.24) is 4.90 Å². The lowest BCUT2D eigenvalue weighted by atomic mass is 9.93. The third-order valence-corrected chi connectivity index (χ3v) is 3.70. The predicted octanol–water partition coefficient (Wildman–Crippen LogP) is 2.68. The van der Waals surface area contributed by atoms with Crippen LogP contribution < -0.4 is 0 Å². The normalized spacial score (nSPS) is 17.8. The fraction of sp³-hybridized carbons (Fsp3) is 0.533. The van der Waals surface area contributed by atoms with Gasteiger partial charge in [0.05, 0.1) is 0 Å². The molecule has 0 bridgehead atoms. The molecule has 3 nitrogen and oxygen atoms in total. The summed E-state index contributed by atoms with van der Waals surface area (Å²) in [5, 5.41) is 8.78. The average molecular weight is 247 g/mol. The minimum atomic E-state index is -0.660. The van der Waals surface area contributed by atoms with E-state index in [4.69, 9.17) is 5.11 Å². The first-order valence-electron chi connectivity index (χ1n) is 6.63. The SMILES string of the molecule is Cc1ccc(CN2CCC(CC(=O)O)CC2)cc1. The van der Waals surface area contributed by atoms with Gasteiger partial charge in [0.15, 0.2) is 0 Å². The molecule has 1 aromatic carbocycles. The summed E-state index contributed by atoms with van der Waals surface area (Å²) in [7, 11) is 0. The first-order chi connectivity index (χ1) is 8.63. The van der Waals surface area contributed by atoms with Gasteiger partial charge in [-0.1, -0.05) is 29.8 Å². The van der Waals surface area contributed by atoms with Crippen molar-refractivity contribution < 1.29 is 9.90 Å². The Balaban J connectivity index is 1.79. The van der Waals surface area contributed by atoms with Gasteiger partial charge in [0.1, 0.15) is 0 Å². The number of hydrogen-bond acceptors (Lipinski definition) is 2. The second-order valence-electron chi connectivity index (χ2n) is 5.30. The Morgan fingerprint density at radius 3 is 2.44 bits per heavy atom. The van der Waals surface area contributed by atoms with E-state index in [0.29, 0.717) is 12.3 Å². The quantitative estimate of drug-likeness (QED) is 0.889. The van der Waals surface area contributed by atoms with E-state index in [9.17, 15) is 4.79 Å². The molecule has 0 atom stereocenters. The smallest absolute Gasteiger partial charge is 0.303 e. The molecule has 98 valence electrons. The summed E-state index contributed by atoms with van der Waals surface area (Å²) in [5.74, 6) is -0.288. The van der Waals surface area contributed by atoms with Gasteiger partial charge in [0.2, 0.25) is 0 Å². The molecule has 0 aromatic heterocycles. The molecule has 1 aromatic rings. The molecule has 0 radical (unpaired) electrons. The minimum absolute atomic E-state index is 0.332. The minimum Gasteiger partial charge on any atom is -0.481 e. The molecule has 0 aliphatic carbocycles. The second kappa shape index (κ2) is 6.01. The van der Waals surface area contributed by atoms with Crippen molar-refractivity contribution in [2.75, 3.05) is 13.1 Å². The van der Waals surface area contributed by atoms with Gasteiger partial charge >= 0.3 is 5.97 Å². The fourth-order valence-corrected chi connectivity index (χ4v) is 2.55. The number of nitrogens with zero attached hydrogens (tertiary/aromatic N) is 1. The number of benzene rings is 1. The summed E-state index contributed by atoms with van der Waals surface area (Å²) in [4.78, 5) is 13.1. The Bertz CT molecular complexity index is 391. The van der Waals surface area contributed by atoms with Crippen molar-refractivity contribution in [2.45, 2.75) is 32.7 Å². The number of carboxylic acids is 1. The highest BCUT2D eigenvalue weighted by Gasteiger charge is 2.21. The van der Waals surface area contributed by atoms with Gasteiger partial charge in [0.25, 0.3) is 0 Å². The van der Waals surface area contributed by atoms with Crippen molar-refractivity contribution >= 4 is 5.97 Å². The van der Waals surface area contributed by atoms with E-state index in [1.165, 1.54) is 11.1 Å². The Labute approximate surface area is 108 Å². The van der Waals surface area contributed by atoms with Crippen LogP contribution in [-0.2, 0) is 11.3 Å². The molecule has 3 heteroatoms. The molecule has 1 aliphatic rings. The molecular weight excluding hydrogens is 226 g/mol. The number of aliphatic carboxylic acids is 1. The van der Waals surface area contributed by atoms with Crippen molar-refractivity contribution in [1.29, 1.82) is 0 Å². The molecule has 1 heterocycles. The van der Waals surface area contributed by atoms with Gasteiger partial charge in [-0.15, -0.1) is 0 Å². The Hall–Kier alpha value is -1.35. The highest BCUT2D eigenvalue weighted by molar-refractivity contribution is 5.67. The Morgan fingerprint density at radius 1 is 1.28 bits per heavy atom. The van der Waals surface area contributed by atoms with E-state index in [1.54, 1.807) is 0 Å². The third-order valence-electron chi connectivity index (χ3n) is 3.70. The zero-order chi connectivity index (χ0) is 13.0. The molecule has 0 unspecified atom stereocenters. The molecule has 0 amide bonds. The summed E-state index contributed by atoms with van der Waals surface area (Å²) in [5.41, 5.74) is 2.64. The topological polar surface area (TPSA) is 40.5 Å². The number of piperidine rings is 1. The number of likely N-dealkylation sites (tertiary alicyclic amines) is 1. The van der Waals surface area contributed by atoms with E-state index < -0.39 is 5.97 Å². The number of carboxylic acid groups (broad SMARTS) is 1. The van der Waals surface area contributed by atoms with Crippen LogP contribution >= 0.6 is 0 Å². The van der Waals surface area contributed by atoms with Crippen LogP contribution in [0.3, 0.4) is 0 Å². The van der Waals surface area contributed by atoms with Crippen molar-refractivity contribution in [3.05, 3.63) is 35.4 Å². The Kier molecular flexibility index (Phi) is 4.37. The van der Waals surface area contributed by atoms with Gasteiger partial charge in [-0.25, -0.2) is 0 Å². The number of rotatable bonds is 4. The van der Waals surface area contributed by atoms with E-state index in [2.05, 4.69) is 36.1 Å². The molecular formula is C15H21NO2. The maximum absolute atomic E-state index is 10.7. The monoisotopic (exact) mass is 247 g/mol. The van der Waals surface area contributed by atoms with Crippen molar-refractivity contribution in [3.8, 4) is 0 Å². The van der Waals surface area contributed by atoms with Crippen LogP contribution in [0.15, 0.2) is 24.3 Å². The maximum Gasteiger partial charge on any atom is 0.303 e. The second-order valence-corrected chi connectivity index (χ2v) is 5.30. The largest absolute Gasteiger partial charge is 0.481 e. The summed E-state index contributed by atoms with van der Waals surface area (Å²) in [6, 6.07) is 8.65. The zero-order valence-corrected chi connectivity index (χ0v) is 10.9. The van der Waals surface area contributed by atoms with Crippen LogP contribution in [0.1, 0.15) is 30.4 Å². The molecule has 0 spiro atoms. The predicted molar refractivity (Wildman–Crippen MR) is 71.4 cm³/mol. The van der Waals surface area contributed by atoms with Crippen molar-refractivity contribution in [3.63, 3.8) is 0 Å². The first-order valence-corrected chi connectivity index (χ1v) is 6.63. The van der Waals surface area contributed by atoms with E-state index in [-0.39, 0.29) is 0 Å². The van der Waals surface area contributed by atoms with Gasteiger partial charge in [-0.3, -0.25) is 9.69 Å².